The molecule has 2 aromatic heterocycles. The van der Waals surface area contributed by atoms with Gasteiger partial charge in [-0.05, 0) is 26.3 Å². The number of fused-ring (bicyclic) bond motifs is 1. The number of hydrogen-bond acceptors (Lipinski definition) is 6. The summed E-state index contributed by atoms with van der Waals surface area (Å²) in [6, 6.07) is 9.77. The lowest BCUT2D eigenvalue weighted by Gasteiger charge is -2.16. The second-order valence-corrected chi connectivity index (χ2v) is 6.95. The number of carbonyl (C=O) groups excluding carboxylic acids is 1. The van der Waals surface area contributed by atoms with E-state index in [0.717, 1.165) is 5.56 Å². The van der Waals surface area contributed by atoms with Gasteiger partial charge < -0.3 is 10.1 Å². The number of esters is 1. The smallest absolute Gasteiger partial charge is 0.312 e. The van der Waals surface area contributed by atoms with Crippen molar-refractivity contribution < 1.29 is 9.53 Å². The molecule has 3 rings (SSSR count). The molecule has 26 heavy (non-hydrogen) atoms. The Morgan fingerprint density at radius 2 is 2.00 bits per heavy atom. The molecule has 0 unspecified atom stereocenters. The maximum Gasteiger partial charge on any atom is 0.312 e. The molecule has 136 valence electrons. The third kappa shape index (κ3) is 3.90. The van der Waals surface area contributed by atoms with E-state index in [1.807, 2.05) is 30.3 Å². The van der Waals surface area contributed by atoms with Crippen molar-refractivity contribution in [2.45, 2.75) is 34.0 Å². The highest BCUT2D eigenvalue weighted by Gasteiger charge is 2.23. The molecule has 0 aliphatic carbocycles. The van der Waals surface area contributed by atoms with E-state index < -0.39 is 5.41 Å². The first-order valence-electron chi connectivity index (χ1n) is 8.25. The summed E-state index contributed by atoms with van der Waals surface area (Å²) in [5.41, 5.74) is 0.646. The number of imidazole rings is 1. The summed E-state index contributed by atoms with van der Waals surface area (Å²) in [5.74, 6) is -0.0202. The van der Waals surface area contributed by atoms with Gasteiger partial charge in [0.05, 0.1) is 5.41 Å². The summed E-state index contributed by atoms with van der Waals surface area (Å²) in [6.45, 7) is 5.73. The first-order valence-corrected chi connectivity index (χ1v) is 8.25. The Bertz CT molecular complexity index is 970. The fourth-order valence-electron chi connectivity index (χ4n) is 2.29. The predicted octanol–water partition coefficient (Wildman–Crippen LogP) is 2.28. The number of H-pyrrole nitrogens is 1. The quantitative estimate of drug-likeness (QED) is 0.681. The van der Waals surface area contributed by atoms with Crippen molar-refractivity contribution in [3.8, 4) is 0 Å². The summed E-state index contributed by atoms with van der Waals surface area (Å²) in [6.07, 6.45) is 1.43. The minimum atomic E-state index is -0.615. The second-order valence-electron chi connectivity index (χ2n) is 6.95. The van der Waals surface area contributed by atoms with Crippen LogP contribution in [0.5, 0.6) is 0 Å². The van der Waals surface area contributed by atoms with Crippen LogP contribution in [0.2, 0.25) is 0 Å². The number of nitrogens with one attached hydrogen (secondary N) is 2. The molecule has 2 N–H and O–H groups in total. The van der Waals surface area contributed by atoms with Crippen molar-refractivity contribution >= 4 is 23.1 Å². The molecule has 1 aromatic carbocycles. The van der Waals surface area contributed by atoms with Gasteiger partial charge in [0.15, 0.2) is 17.9 Å². The molecule has 0 amide bonds. The molecule has 0 saturated heterocycles. The number of hydrogen-bond donors (Lipinski definition) is 2. The number of carbonyl (C=O) groups is 1. The van der Waals surface area contributed by atoms with Crippen LogP contribution in [-0.4, -0.2) is 25.5 Å². The van der Waals surface area contributed by atoms with Crippen LogP contribution < -0.4 is 10.9 Å². The Morgan fingerprint density at radius 3 is 2.69 bits per heavy atom. The molecule has 0 radical (unpaired) electrons. The summed E-state index contributed by atoms with van der Waals surface area (Å²) in [7, 11) is 0. The topological polar surface area (TPSA) is 102 Å². The van der Waals surface area contributed by atoms with Crippen LogP contribution in [0, 0.1) is 5.41 Å². The fraction of sp³-hybridized carbons (Fsp3) is 0.333. The van der Waals surface area contributed by atoms with Gasteiger partial charge in [0.1, 0.15) is 6.33 Å². The SMILES string of the molecule is CC(C)(C)C(=O)OCn1cnc2nc(NCc3ccccc3)[nH]c(=O)c21. The van der Waals surface area contributed by atoms with E-state index in [4.69, 9.17) is 4.74 Å². The Hall–Kier alpha value is -3.16. The van der Waals surface area contributed by atoms with Crippen LogP contribution in [-0.2, 0) is 22.8 Å². The number of anilines is 1. The van der Waals surface area contributed by atoms with E-state index in [0.29, 0.717) is 12.5 Å². The molecular weight excluding hydrogens is 334 g/mol. The minimum absolute atomic E-state index is 0.0891. The van der Waals surface area contributed by atoms with Crippen molar-refractivity contribution in [2.24, 2.45) is 5.41 Å². The summed E-state index contributed by atoms with van der Waals surface area (Å²) < 4.78 is 6.70. The van der Waals surface area contributed by atoms with Crippen LogP contribution in [0.3, 0.4) is 0 Å². The van der Waals surface area contributed by atoms with Crippen molar-refractivity contribution in [2.75, 3.05) is 5.32 Å². The van der Waals surface area contributed by atoms with Crippen molar-refractivity contribution in [1.29, 1.82) is 0 Å². The van der Waals surface area contributed by atoms with Crippen LogP contribution >= 0.6 is 0 Å². The summed E-state index contributed by atoms with van der Waals surface area (Å²) in [5, 5.41) is 3.07. The van der Waals surface area contributed by atoms with Gasteiger partial charge >= 0.3 is 5.97 Å². The van der Waals surface area contributed by atoms with Gasteiger partial charge in [-0.1, -0.05) is 30.3 Å². The molecule has 3 aromatic rings. The maximum absolute atomic E-state index is 12.4. The van der Waals surface area contributed by atoms with Gasteiger partial charge in [0, 0.05) is 6.54 Å². The highest BCUT2D eigenvalue weighted by atomic mass is 16.5. The van der Waals surface area contributed by atoms with Crippen molar-refractivity contribution in [3.63, 3.8) is 0 Å². The van der Waals surface area contributed by atoms with Crippen LogP contribution in [0.15, 0.2) is 41.5 Å². The molecule has 0 aliphatic rings. The third-order valence-electron chi connectivity index (χ3n) is 3.73. The molecule has 0 atom stereocenters. The minimum Gasteiger partial charge on any atom is -0.443 e. The Morgan fingerprint density at radius 1 is 1.27 bits per heavy atom. The van der Waals surface area contributed by atoms with E-state index in [1.54, 1.807) is 20.8 Å². The largest absolute Gasteiger partial charge is 0.443 e. The van der Waals surface area contributed by atoms with Crippen LogP contribution in [0.4, 0.5) is 5.95 Å². The van der Waals surface area contributed by atoms with Crippen molar-refractivity contribution in [3.05, 3.63) is 52.6 Å². The zero-order valence-electron chi connectivity index (χ0n) is 14.9. The van der Waals surface area contributed by atoms with Gasteiger partial charge in [-0.25, -0.2) is 4.98 Å². The normalized spacial score (nSPS) is 11.5. The molecular formula is C18H21N5O3. The number of aromatic amines is 1. The molecule has 2 heterocycles. The van der Waals surface area contributed by atoms with Crippen LogP contribution in [0.1, 0.15) is 26.3 Å². The zero-order valence-corrected chi connectivity index (χ0v) is 14.9. The van der Waals surface area contributed by atoms with Gasteiger partial charge in [0.25, 0.3) is 5.56 Å². The molecule has 0 saturated carbocycles. The summed E-state index contributed by atoms with van der Waals surface area (Å²) in [4.78, 5) is 35.4. The fourth-order valence-corrected chi connectivity index (χ4v) is 2.29. The van der Waals surface area contributed by atoms with E-state index in [9.17, 15) is 9.59 Å². The molecule has 0 fully saturated rings. The van der Waals surface area contributed by atoms with E-state index in [1.165, 1.54) is 10.9 Å². The van der Waals surface area contributed by atoms with E-state index in [-0.39, 0.29) is 29.4 Å². The van der Waals surface area contributed by atoms with E-state index >= 15 is 0 Å². The van der Waals surface area contributed by atoms with E-state index in [2.05, 4.69) is 20.3 Å². The molecule has 0 spiro atoms. The predicted molar refractivity (Wildman–Crippen MR) is 97.5 cm³/mol. The molecule has 0 aliphatic heterocycles. The van der Waals surface area contributed by atoms with Gasteiger partial charge in [-0.15, -0.1) is 0 Å². The average molecular weight is 355 g/mol. The zero-order chi connectivity index (χ0) is 18.7. The Kier molecular flexibility index (Phi) is 4.75. The lowest BCUT2D eigenvalue weighted by Crippen LogP contribution is -2.24. The van der Waals surface area contributed by atoms with Crippen molar-refractivity contribution in [1.82, 2.24) is 19.5 Å². The number of aromatic nitrogens is 4. The average Bonchev–Trinajstić information content (AvgIpc) is 3.01. The highest BCUT2D eigenvalue weighted by Crippen LogP contribution is 2.16. The van der Waals surface area contributed by atoms with Gasteiger partial charge in [0.2, 0.25) is 5.95 Å². The Balaban J connectivity index is 1.76. The number of ether oxygens (including phenoxy) is 1. The number of nitrogens with zero attached hydrogens (tertiary/aromatic N) is 3. The molecule has 0 bridgehead atoms. The molecule has 8 heteroatoms. The lowest BCUT2D eigenvalue weighted by molar-refractivity contribution is -0.156. The summed E-state index contributed by atoms with van der Waals surface area (Å²) >= 11 is 0. The van der Waals surface area contributed by atoms with Gasteiger partial charge in [-0.2, -0.15) is 4.98 Å². The first kappa shape index (κ1) is 17.7. The van der Waals surface area contributed by atoms with Crippen LogP contribution in [0.25, 0.3) is 11.2 Å². The number of benzene rings is 1. The number of rotatable bonds is 5. The second kappa shape index (κ2) is 6.99. The Labute approximate surface area is 150 Å². The standard InChI is InChI=1S/C18H21N5O3/c1-18(2,3)16(25)26-11-23-10-20-14-13(23)15(24)22-17(21-14)19-9-12-7-5-4-6-8-12/h4-8,10H,9,11H2,1-3H3,(H2,19,21,22,24). The highest BCUT2D eigenvalue weighted by molar-refractivity contribution is 5.75. The maximum atomic E-state index is 12.4. The third-order valence-corrected chi connectivity index (χ3v) is 3.73. The monoisotopic (exact) mass is 355 g/mol. The van der Waals surface area contributed by atoms with Gasteiger partial charge in [-0.3, -0.25) is 19.1 Å². The lowest BCUT2D eigenvalue weighted by atomic mass is 9.98. The molecule has 8 nitrogen and oxygen atoms in total. The first-order chi connectivity index (χ1) is 12.3.